The zero-order valence-electron chi connectivity index (χ0n) is 14.8. The molecule has 1 aliphatic rings. The van der Waals surface area contributed by atoms with Gasteiger partial charge in [-0.2, -0.15) is 0 Å². The molecular weight excluding hydrogens is 419 g/mol. The summed E-state index contributed by atoms with van der Waals surface area (Å²) < 4.78 is 17.0. The Morgan fingerprint density at radius 3 is 3.00 bits per heavy atom. The highest BCUT2D eigenvalue weighted by molar-refractivity contribution is 8.05. The summed E-state index contributed by atoms with van der Waals surface area (Å²) in [5.74, 6) is -0.815. The molecule has 3 heterocycles. The summed E-state index contributed by atoms with van der Waals surface area (Å²) in [5.41, 5.74) is 0.470. The first kappa shape index (κ1) is 19.3. The number of thioether (sulfide) groups is 1. The zero-order chi connectivity index (χ0) is 20.4. The summed E-state index contributed by atoms with van der Waals surface area (Å²) in [4.78, 5) is 28.1. The van der Waals surface area contributed by atoms with Crippen molar-refractivity contribution in [2.45, 2.75) is 17.7 Å². The van der Waals surface area contributed by atoms with Crippen molar-refractivity contribution in [3.05, 3.63) is 75.8 Å². The molecule has 1 N–H and O–H groups in total. The van der Waals surface area contributed by atoms with E-state index < -0.39 is 11.5 Å². The average Bonchev–Trinajstić information content (AvgIpc) is 3.35. The standard InChI is InChI=1S/C18H14ClFN6O2S/c19-16-5-4-15(29-16)17(27)22-9-11-10-26(24-23-11)14-3-2-12(8-13(14)20)25-7-1-6-21-18(25)28/h1-4,6-8,10,16H,5,9H2,(H,22,27). The molecule has 0 saturated carbocycles. The number of hydrogen-bond acceptors (Lipinski definition) is 6. The topological polar surface area (TPSA) is 94.7 Å². The molecule has 0 bridgehead atoms. The number of halogens is 2. The van der Waals surface area contributed by atoms with Crippen molar-refractivity contribution >= 4 is 29.3 Å². The molecule has 1 aromatic carbocycles. The average molecular weight is 433 g/mol. The Kier molecular flexibility index (Phi) is 5.45. The molecule has 1 aliphatic heterocycles. The molecular formula is C18H14ClFN6O2S. The van der Waals surface area contributed by atoms with Crippen LogP contribution < -0.4 is 11.0 Å². The first-order chi connectivity index (χ1) is 14.0. The third-order valence-electron chi connectivity index (χ3n) is 4.11. The van der Waals surface area contributed by atoms with Crippen molar-refractivity contribution in [1.29, 1.82) is 0 Å². The minimum Gasteiger partial charge on any atom is -0.346 e. The lowest BCUT2D eigenvalue weighted by atomic mass is 10.2. The van der Waals surface area contributed by atoms with Crippen molar-refractivity contribution in [3.8, 4) is 11.4 Å². The van der Waals surface area contributed by atoms with Crippen molar-refractivity contribution in [2.75, 3.05) is 0 Å². The lowest BCUT2D eigenvalue weighted by Crippen LogP contribution is -2.23. The maximum atomic E-state index is 14.6. The summed E-state index contributed by atoms with van der Waals surface area (Å²) in [6.45, 7) is 0.147. The number of nitrogens with one attached hydrogen (secondary N) is 1. The van der Waals surface area contributed by atoms with Gasteiger partial charge in [0.25, 0.3) is 5.91 Å². The molecule has 8 nitrogen and oxygen atoms in total. The van der Waals surface area contributed by atoms with Crippen LogP contribution in [-0.2, 0) is 11.3 Å². The highest BCUT2D eigenvalue weighted by atomic mass is 35.5. The number of amides is 1. The van der Waals surface area contributed by atoms with E-state index >= 15 is 0 Å². The first-order valence-corrected chi connectivity index (χ1v) is 9.87. The molecule has 148 valence electrons. The zero-order valence-corrected chi connectivity index (χ0v) is 16.4. The molecule has 0 aliphatic carbocycles. The predicted molar refractivity (Wildman–Crippen MR) is 106 cm³/mol. The number of allylic oxidation sites excluding steroid dienone is 1. The van der Waals surface area contributed by atoms with Gasteiger partial charge in [0, 0.05) is 18.5 Å². The summed E-state index contributed by atoms with van der Waals surface area (Å²) in [7, 11) is 0. The molecule has 1 atom stereocenters. The van der Waals surface area contributed by atoms with Crippen molar-refractivity contribution in [1.82, 2.24) is 29.9 Å². The van der Waals surface area contributed by atoms with Crippen molar-refractivity contribution < 1.29 is 9.18 Å². The van der Waals surface area contributed by atoms with E-state index in [1.165, 1.54) is 51.7 Å². The number of hydrogen-bond donors (Lipinski definition) is 1. The summed E-state index contributed by atoms with van der Waals surface area (Å²) in [5, 5.41) is 10.6. The number of carbonyl (C=O) groups excluding carboxylic acids is 1. The fraction of sp³-hybridized carbons (Fsp3) is 0.167. The molecule has 1 amide bonds. The maximum absolute atomic E-state index is 14.6. The fourth-order valence-corrected chi connectivity index (χ4v) is 3.94. The van der Waals surface area contributed by atoms with Crippen LogP contribution >= 0.6 is 23.4 Å². The smallest absolute Gasteiger partial charge is 0.346 e. The summed E-state index contributed by atoms with van der Waals surface area (Å²) in [6.07, 6.45) is 6.83. The van der Waals surface area contributed by atoms with Crippen LogP contribution in [0.4, 0.5) is 4.39 Å². The Labute approximate surface area is 173 Å². The molecule has 11 heteroatoms. The Balaban J connectivity index is 1.47. The predicted octanol–water partition coefficient (Wildman–Crippen LogP) is 2.15. The Morgan fingerprint density at radius 2 is 2.28 bits per heavy atom. The number of rotatable bonds is 5. The van der Waals surface area contributed by atoms with Crippen molar-refractivity contribution in [2.24, 2.45) is 0 Å². The number of benzene rings is 1. The number of alkyl halides is 1. The van der Waals surface area contributed by atoms with E-state index in [-0.39, 0.29) is 22.8 Å². The quantitative estimate of drug-likeness (QED) is 0.621. The third-order valence-corrected chi connectivity index (χ3v) is 5.61. The van der Waals surface area contributed by atoms with Crippen molar-refractivity contribution in [3.63, 3.8) is 0 Å². The van der Waals surface area contributed by atoms with Crippen LogP contribution in [0.15, 0.2) is 58.6 Å². The Morgan fingerprint density at radius 1 is 1.41 bits per heavy atom. The highest BCUT2D eigenvalue weighted by Gasteiger charge is 2.21. The minimum atomic E-state index is -0.584. The van der Waals surface area contributed by atoms with Crippen LogP contribution in [0.25, 0.3) is 11.4 Å². The Hall–Kier alpha value is -2.98. The minimum absolute atomic E-state index is 0.120. The first-order valence-electron chi connectivity index (χ1n) is 8.55. The molecule has 0 saturated heterocycles. The van der Waals surface area contributed by atoms with Gasteiger partial charge >= 0.3 is 5.69 Å². The van der Waals surface area contributed by atoms with Crippen LogP contribution in [0.5, 0.6) is 0 Å². The lowest BCUT2D eigenvalue weighted by molar-refractivity contribution is -0.117. The van der Waals surface area contributed by atoms with E-state index in [4.69, 9.17) is 11.6 Å². The van der Waals surface area contributed by atoms with Crippen LogP contribution in [0.3, 0.4) is 0 Å². The van der Waals surface area contributed by atoms with Gasteiger partial charge in [0.05, 0.1) is 28.0 Å². The molecule has 2 aromatic heterocycles. The highest BCUT2D eigenvalue weighted by Crippen LogP contribution is 2.34. The summed E-state index contributed by atoms with van der Waals surface area (Å²) >= 11 is 7.27. The molecule has 4 rings (SSSR count). The van der Waals surface area contributed by atoms with Gasteiger partial charge in [-0.1, -0.05) is 11.3 Å². The van der Waals surface area contributed by atoms with E-state index in [9.17, 15) is 14.0 Å². The van der Waals surface area contributed by atoms with E-state index in [1.807, 2.05) is 0 Å². The second-order valence-corrected chi connectivity index (χ2v) is 8.11. The van der Waals surface area contributed by atoms with Crippen LogP contribution in [0.1, 0.15) is 12.1 Å². The van der Waals surface area contributed by atoms with Gasteiger partial charge in [0.1, 0.15) is 11.4 Å². The third kappa shape index (κ3) is 4.22. The van der Waals surface area contributed by atoms with Gasteiger partial charge in [-0.3, -0.25) is 9.36 Å². The van der Waals surface area contributed by atoms with E-state index in [1.54, 1.807) is 18.2 Å². The Bertz CT molecular complexity index is 1160. The summed E-state index contributed by atoms with van der Waals surface area (Å²) in [6, 6.07) is 5.87. The second-order valence-electron chi connectivity index (χ2n) is 6.08. The van der Waals surface area contributed by atoms with E-state index in [2.05, 4.69) is 20.6 Å². The maximum Gasteiger partial charge on any atom is 0.352 e. The van der Waals surface area contributed by atoms with Gasteiger partial charge in [-0.05, 0) is 24.6 Å². The van der Waals surface area contributed by atoms with Crippen LogP contribution in [0.2, 0.25) is 0 Å². The number of aromatic nitrogens is 5. The van der Waals surface area contributed by atoms with Gasteiger partial charge < -0.3 is 5.32 Å². The van der Waals surface area contributed by atoms with E-state index in [0.717, 1.165) is 0 Å². The van der Waals surface area contributed by atoms with Gasteiger partial charge in [0.15, 0.2) is 5.82 Å². The largest absolute Gasteiger partial charge is 0.352 e. The van der Waals surface area contributed by atoms with Gasteiger partial charge in [0.2, 0.25) is 0 Å². The normalized spacial score (nSPS) is 15.9. The molecule has 3 aromatic rings. The fourth-order valence-electron chi connectivity index (χ4n) is 2.72. The van der Waals surface area contributed by atoms with Crippen LogP contribution in [-0.4, -0.2) is 35.2 Å². The monoisotopic (exact) mass is 432 g/mol. The molecule has 0 fully saturated rings. The van der Waals surface area contributed by atoms with Crippen LogP contribution in [0, 0.1) is 5.82 Å². The van der Waals surface area contributed by atoms with Gasteiger partial charge in [-0.25, -0.2) is 18.9 Å². The molecule has 29 heavy (non-hydrogen) atoms. The molecule has 0 radical (unpaired) electrons. The number of nitrogens with zero attached hydrogens (tertiary/aromatic N) is 5. The second kappa shape index (κ2) is 8.18. The van der Waals surface area contributed by atoms with E-state index in [0.29, 0.717) is 22.7 Å². The lowest BCUT2D eigenvalue weighted by Gasteiger charge is -2.07. The van der Waals surface area contributed by atoms with Gasteiger partial charge in [-0.15, -0.1) is 28.5 Å². The molecule has 0 spiro atoms. The SMILES string of the molecule is O=C(NCc1cn(-c2ccc(-n3cccnc3=O)cc2F)nn1)C1=CCC(Cl)S1. The molecule has 1 unspecified atom stereocenters. The number of carbonyl (C=O) groups is 1.